The maximum atomic E-state index is 10.9. The number of rotatable bonds is 12. The Labute approximate surface area is 190 Å². The topological polar surface area (TPSA) is 85.2 Å². The molecule has 1 aliphatic rings. The molecule has 4 unspecified atom stereocenters. The number of ether oxygens (including phenoxy) is 3. The second-order valence-corrected chi connectivity index (χ2v) is 8.54. The Morgan fingerprint density at radius 1 is 1.10 bits per heavy atom. The molecule has 6 nitrogen and oxygen atoms in total. The van der Waals surface area contributed by atoms with Gasteiger partial charge in [-0.3, -0.25) is 4.79 Å². The summed E-state index contributed by atoms with van der Waals surface area (Å²) in [4.78, 5) is 10.9. The maximum Gasteiger partial charge on any atom is 0.303 e. The third-order valence-corrected chi connectivity index (χ3v) is 6.00. The first-order valence-corrected chi connectivity index (χ1v) is 10.4. The molecule has 0 spiro atoms. The van der Waals surface area contributed by atoms with Crippen LogP contribution in [0.5, 0.6) is 0 Å². The Hall–Kier alpha value is -0.0406. The van der Waals surface area contributed by atoms with E-state index in [1.807, 2.05) is 13.8 Å². The molecule has 4 atom stereocenters. The van der Waals surface area contributed by atoms with Gasteiger partial charge in [-0.05, 0) is 30.1 Å². The Bertz CT molecular complexity index is 447. The largest absolute Gasteiger partial charge is 0.481 e. The average molecular weight is 451 g/mol. The number of hydrogen-bond acceptors (Lipinski definition) is 5. The van der Waals surface area contributed by atoms with Gasteiger partial charge in [-0.2, -0.15) is 0 Å². The van der Waals surface area contributed by atoms with Gasteiger partial charge in [0.2, 0.25) is 0 Å². The standard InChI is InChI=1S/C19H35BO6.C2H6.V/c1-18(2,19(3,4)10-8-14(21)22)9-6-7-11-25-16-13(12-24-5)26-17(20)15(16)23;1-2;/h13,15-17,23H,6-12H2,1-5H3,(H,21,22);1-2H3;. The molecule has 0 aliphatic carbocycles. The van der Waals surface area contributed by atoms with Crippen LogP contribution in [0.3, 0.4) is 0 Å². The minimum atomic E-state index is -0.846. The predicted molar refractivity (Wildman–Crippen MR) is 112 cm³/mol. The normalized spacial score (nSPS) is 24.4. The fourth-order valence-electron chi connectivity index (χ4n) is 3.26. The first kappa shape index (κ1) is 31.1. The van der Waals surface area contributed by atoms with E-state index in [1.165, 1.54) is 0 Å². The van der Waals surface area contributed by atoms with Gasteiger partial charge in [0.25, 0.3) is 0 Å². The summed E-state index contributed by atoms with van der Waals surface area (Å²) in [6.45, 7) is 13.5. The molecule has 1 fully saturated rings. The Balaban J connectivity index is 0. The minimum absolute atomic E-state index is 0. The Kier molecular flexibility index (Phi) is 16.0. The molecule has 0 aromatic heterocycles. The smallest absolute Gasteiger partial charge is 0.303 e. The van der Waals surface area contributed by atoms with Gasteiger partial charge in [0.15, 0.2) is 0 Å². The molecule has 169 valence electrons. The SMILES string of the molecule is CC.[B]C1OC(COC)C(OCCCCC(C)(C)C(C)(C)CCC(=O)O)C1O.[V]. The molecular weight excluding hydrogens is 410 g/mol. The number of methoxy groups -OCH3 is 1. The van der Waals surface area contributed by atoms with Crippen LogP contribution in [-0.4, -0.2) is 68.7 Å². The number of unbranched alkanes of at least 4 members (excludes halogenated alkanes) is 1. The zero-order valence-corrected chi connectivity index (χ0v) is 20.7. The van der Waals surface area contributed by atoms with E-state index in [0.29, 0.717) is 19.6 Å². The zero-order chi connectivity index (χ0) is 22.0. The first-order chi connectivity index (χ1) is 13.0. The Morgan fingerprint density at radius 2 is 1.66 bits per heavy atom. The van der Waals surface area contributed by atoms with Crippen molar-refractivity contribution in [2.24, 2.45) is 10.8 Å². The summed E-state index contributed by atoms with van der Waals surface area (Å²) < 4.78 is 16.4. The van der Waals surface area contributed by atoms with E-state index in [1.54, 1.807) is 7.11 Å². The van der Waals surface area contributed by atoms with E-state index in [9.17, 15) is 9.90 Å². The summed E-state index contributed by atoms with van der Waals surface area (Å²) in [6.07, 6.45) is 2.00. The molecule has 2 N–H and O–H groups in total. The number of aliphatic carboxylic acids is 1. The van der Waals surface area contributed by atoms with E-state index in [2.05, 4.69) is 27.7 Å². The van der Waals surface area contributed by atoms with E-state index in [-0.39, 0.29) is 41.9 Å². The number of carbonyl (C=O) groups is 1. The molecule has 1 rings (SSSR count). The van der Waals surface area contributed by atoms with Crippen LogP contribution in [-0.2, 0) is 37.6 Å². The second-order valence-electron chi connectivity index (χ2n) is 8.54. The minimum Gasteiger partial charge on any atom is -0.481 e. The average Bonchev–Trinajstić information content (AvgIpc) is 2.89. The molecule has 0 saturated carbocycles. The van der Waals surface area contributed by atoms with Crippen LogP contribution >= 0.6 is 0 Å². The van der Waals surface area contributed by atoms with Gasteiger partial charge in [-0.25, -0.2) is 0 Å². The van der Waals surface area contributed by atoms with Crippen molar-refractivity contribution >= 4 is 13.8 Å². The van der Waals surface area contributed by atoms with Gasteiger partial charge in [-0.15, -0.1) is 0 Å². The monoisotopic (exact) mass is 451 g/mol. The fourth-order valence-corrected chi connectivity index (χ4v) is 3.26. The summed E-state index contributed by atoms with van der Waals surface area (Å²) in [5.41, 5.74) is -0.0303. The van der Waals surface area contributed by atoms with Crippen molar-refractivity contribution < 1.29 is 47.8 Å². The Morgan fingerprint density at radius 3 is 2.17 bits per heavy atom. The fraction of sp³-hybridized carbons (Fsp3) is 0.952. The zero-order valence-electron chi connectivity index (χ0n) is 19.3. The summed E-state index contributed by atoms with van der Waals surface area (Å²) >= 11 is 0. The molecule has 29 heavy (non-hydrogen) atoms. The van der Waals surface area contributed by atoms with Crippen LogP contribution in [0.2, 0.25) is 0 Å². The second kappa shape index (κ2) is 14.9. The van der Waals surface area contributed by atoms with Crippen LogP contribution in [0, 0.1) is 10.8 Å². The van der Waals surface area contributed by atoms with Gasteiger partial charge >= 0.3 is 5.97 Å². The molecule has 8 heteroatoms. The van der Waals surface area contributed by atoms with E-state index in [4.69, 9.17) is 27.2 Å². The van der Waals surface area contributed by atoms with Crippen LogP contribution in [0.15, 0.2) is 0 Å². The van der Waals surface area contributed by atoms with Gasteiger partial charge in [0, 0.05) is 44.7 Å². The third kappa shape index (κ3) is 10.2. The van der Waals surface area contributed by atoms with Crippen molar-refractivity contribution in [3.63, 3.8) is 0 Å². The van der Waals surface area contributed by atoms with E-state index >= 15 is 0 Å². The number of hydrogen-bond donors (Lipinski definition) is 2. The number of aliphatic hydroxyl groups is 1. The molecule has 1 saturated heterocycles. The van der Waals surface area contributed by atoms with Crippen LogP contribution < -0.4 is 0 Å². The summed E-state index contributed by atoms with van der Waals surface area (Å²) in [6, 6.07) is -0.742. The third-order valence-electron chi connectivity index (χ3n) is 6.00. The first-order valence-electron chi connectivity index (χ1n) is 10.4. The van der Waals surface area contributed by atoms with E-state index in [0.717, 1.165) is 19.3 Å². The van der Waals surface area contributed by atoms with Crippen molar-refractivity contribution in [2.45, 2.75) is 98.0 Å². The molecule has 3 radical (unpaired) electrons. The quantitative estimate of drug-likeness (QED) is 0.350. The summed E-state index contributed by atoms with van der Waals surface area (Å²) in [5, 5.41) is 19.0. The van der Waals surface area contributed by atoms with Crippen LogP contribution in [0.25, 0.3) is 0 Å². The van der Waals surface area contributed by atoms with E-state index < -0.39 is 24.2 Å². The van der Waals surface area contributed by atoms with Crippen molar-refractivity contribution in [2.75, 3.05) is 20.3 Å². The van der Waals surface area contributed by atoms with Crippen molar-refractivity contribution in [3.8, 4) is 0 Å². The molecule has 1 aliphatic heterocycles. The van der Waals surface area contributed by atoms with Gasteiger partial charge < -0.3 is 24.4 Å². The van der Waals surface area contributed by atoms with Crippen molar-refractivity contribution in [1.82, 2.24) is 0 Å². The van der Waals surface area contributed by atoms with Crippen LogP contribution in [0.1, 0.15) is 73.6 Å². The number of aliphatic hydroxyl groups excluding tert-OH is 1. The molecule has 0 aromatic carbocycles. The van der Waals surface area contributed by atoms with Crippen molar-refractivity contribution in [3.05, 3.63) is 0 Å². The number of carboxylic acid groups (broad SMARTS) is 1. The molecule has 0 amide bonds. The van der Waals surface area contributed by atoms with Gasteiger partial charge in [-0.1, -0.05) is 48.0 Å². The maximum absolute atomic E-state index is 10.9. The molecule has 0 bridgehead atoms. The molecular formula is C21H41BO6V. The van der Waals surface area contributed by atoms with Gasteiger partial charge in [0.05, 0.1) is 6.61 Å². The molecule has 0 aromatic rings. The van der Waals surface area contributed by atoms with Gasteiger partial charge in [0.1, 0.15) is 26.2 Å². The number of carboxylic acids is 1. The summed E-state index contributed by atoms with van der Waals surface area (Å²) in [7, 11) is 7.30. The predicted octanol–water partition coefficient (Wildman–Crippen LogP) is 3.38. The summed E-state index contributed by atoms with van der Waals surface area (Å²) in [5.74, 6) is -0.747. The van der Waals surface area contributed by atoms with Crippen molar-refractivity contribution in [1.29, 1.82) is 0 Å². The molecule has 1 heterocycles. The van der Waals surface area contributed by atoms with Crippen LogP contribution in [0.4, 0.5) is 0 Å².